The lowest BCUT2D eigenvalue weighted by Crippen LogP contribution is -2.39. The molecule has 1 aliphatic rings. The average Bonchev–Trinajstić information content (AvgIpc) is 2.88. The van der Waals surface area contributed by atoms with Crippen molar-refractivity contribution < 1.29 is 19.1 Å². The van der Waals surface area contributed by atoms with Gasteiger partial charge in [0.25, 0.3) is 0 Å². The molecule has 1 atom stereocenters. The molecule has 0 saturated carbocycles. The molecule has 1 aliphatic heterocycles. The standard InChI is InChI=1S/C14H17FN2O3/c15-12-3-1-10(2-4-12)11-6-8-17(9-11)14(20)16-7-5-13(18)19/h1-4,11H,5-9H2,(H,16,20)(H,18,19). The zero-order chi connectivity index (χ0) is 14.5. The summed E-state index contributed by atoms with van der Waals surface area (Å²) in [6, 6.07) is 6.09. The van der Waals surface area contributed by atoms with Crippen LogP contribution >= 0.6 is 0 Å². The van der Waals surface area contributed by atoms with E-state index < -0.39 is 5.97 Å². The second-order valence-electron chi connectivity index (χ2n) is 4.86. The number of carbonyl (C=O) groups is 2. The van der Waals surface area contributed by atoms with E-state index in [1.54, 1.807) is 17.0 Å². The number of nitrogens with zero attached hydrogens (tertiary/aromatic N) is 1. The maximum absolute atomic E-state index is 12.9. The zero-order valence-corrected chi connectivity index (χ0v) is 11.0. The maximum atomic E-state index is 12.9. The molecule has 0 aliphatic carbocycles. The van der Waals surface area contributed by atoms with E-state index in [-0.39, 0.29) is 30.7 Å². The van der Waals surface area contributed by atoms with Crippen molar-refractivity contribution in [3.05, 3.63) is 35.6 Å². The molecule has 5 nitrogen and oxygen atoms in total. The highest BCUT2D eigenvalue weighted by molar-refractivity contribution is 5.75. The van der Waals surface area contributed by atoms with Crippen molar-refractivity contribution in [1.82, 2.24) is 10.2 Å². The van der Waals surface area contributed by atoms with Crippen LogP contribution in [0.5, 0.6) is 0 Å². The number of likely N-dealkylation sites (tertiary alicyclic amines) is 1. The number of benzene rings is 1. The molecule has 0 spiro atoms. The first-order chi connectivity index (χ1) is 9.56. The van der Waals surface area contributed by atoms with Crippen LogP contribution in [0.25, 0.3) is 0 Å². The third-order valence-electron chi connectivity index (χ3n) is 3.43. The highest BCUT2D eigenvalue weighted by Gasteiger charge is 2.27. The van der Waals surface area contributed by atoms with Crippen molar-refractivity contribution in [2.75, 3.05) is 19.6 Å². The van der Waals surface area contributed by atoms with Crippen LogP contribution < -0.4 is 5.32 Å². The first-order valence-electron chi connectivity index (χ1n) is 6.56. The molecule has 1 aromatic rings. The number of aliphatic carboxylic acids is 1. The molecule has 1 fully saturated rings. The highest BCUT2D eigenvalue weighted by Crippen LogP contribution is 2.27. The fourth-order valence-corrected chi connectivity index (χ4v) is 2.34. The number of halogens is 1. The molecular formula is C14H17FN2O3. The van der Waals surface area contributed by atoms with Crippen molar-refractivity contribution in [3.63, 3.8) is 0 Å². The number of carbonyl (C=O) groups excluding carboxylic acids is 1. The lowest BCUT2D eigenvalue weighted by molar-refractivity contribution is -0.136. The molecule has 0 aromatic heterocycles. The molecule has 1 saturated heterocycles. The SMILES string of the molecule is O=C(O)CCNC(=O)N1CCC(c2ccc(F)cc2)C1. The third kappa shape index (κ3) is 3.69. The lowest BCUT2D eigenvalue weighted by Gasteiger charge is -2.17. The minimum atomic E-state index is -0.934. The number of hydrogen-bond donors (Lipinski definition) is 2. The topological polar surface area (TPSA) is 69.6 Å². The number of nitrogens with one attached hydrogen (secondary N) is 1. The molecule has 2 amide bonds. The van der Waals surface area contributed by atoms with Gasteiger partial charge >= 0.3 is 12.0 Å². The monoisotopic (exact) mass is 280 g/mol. The van der Waals surface area contributed by atoms with Crippen molar-refractivity contribution in [2.24, 2.45) is 0 Å². The van der Waals surface area contributed by atoms with Gasteiger partial charge in [-0.25, -0.2) is 9.18 Å². The minimum absolute atomic E-state index is 0.0824. The van der Waals surface area contributed by atoms with E-state index in [0.717, 1.165) is 12.0 Å². The molecule has 0 bridgehead atoms. The molecular weight excluding hydrogens is 263 g/mol. The van der Waals surface area contributed by atoms with Crippen LogP contribution in [0.15, 0.2) is 24.3 Å². The first-order valence-corrected chi connectivity index (χ1v) is 6.56. The van der Waals surface area contributed by atoms with Gasteiger partial charge in [0.15, 0.2) is 0 Å². The largest absolute Gasteiger partial charge is 0.481 e. The molecule has 20 heavy (non-hydrogen) atoms. The Kier molecular flexibility index (Phi) is 4.55. The van der Waals surface area contributed by atoms with E-state index in [2.05, 4.69) is 5.32 Å². The summed E-state index contributed by atoms with van der Waals surface area (Å²) < 4.78 is 12.9. The summed E-state index contributed by atoms with van der Waals surface area (Å²) >= 11 is 0. The van der Waals surface area contributed by atoms with Gasteiger partial charge < -0.3 is 15.3 Å². The van der Waals surface area contributed by atoms with Gasteiger partial charge in [-0.1, -0.05) is 12.1 Å². The van der Waals surface area contributed by atoms with Gasteiger partial charge in [0.2, 0.25) is 0 Å². The van der Waals surface area contributed by atoms with Crippen molar-refractivity contribution in [2.45, 2.75) is 18.8 Å². The van der Waals surface area contributed by atoms with Gasteiger partial charge in [0.05, 0.1) is 6.42 Å². The summed E-state index contributed by atoms with van der Waals surface area (Å²) in [5.41, 5.74) is 1.02. The van der Waals surface area contributed by atoms with Gasteiger partial charge in [-0.05, 0) is 24.1 Å². The van der Waals surface area contributed by atoms with Crippen molar-refractivity contribution >= 4 is 12.0 Å². The van der Waals surface area contributed by atoms with E-state index in [1.165, 1.54) is 12.1 Å². The molecule has 1 aromatic carbocycles. The van der Waals surface area contributed by atoms with Gasteiger partial charge in [0.1, 0.15) is 5.82 Å². The summed E-state index contributed by atoms with van der Waals surface area (Å²) in [6.07, 6.45) is 0.749. The van der Waals surface area contributed by atoms with E-state index in [1.807, 2.05) is 0 Å². The Labute approximate surface area is 116 Å². The number of hydrogen-bond acceptors (Lipinski definition) is 2. The number of amides is 2. The van der Waals surface area contributed by atoms with Gasteiger partial charge in [-0.2, -0.15) is 0 Å². The normalized spacial score (nSPS) is 18.1. The predicted octanol–water partition coefficient (Wildman–Crippen LogP) is 1.80. The Hall–Kier alpha value is -2.11. The molecule has 1 heterocycles. The molecule has 2 rings (SSSR count). The number of carboxylic acids is 1. The molecule has 0 radical (unpaired) electrons. The average molecular weight is 280 g/mol. The first kappa shape index (κ1) is 14.3. The summed E-state index contributed by atoms with van der Waals surface area (Å²) in [6.45, 7) is 1.33. The van der Waals surface area contributed by atoms with E-state index >= 15 is 0 Å². The second kappa shape index (κ2) is 6.36. The number of carboxylic acid groups (broad SMARTS) is 1. The highest BCUT2D eigenvalue weighted by atomic mass is 19.1. The quantitative estimate of drug-likeness (QED) is 0.883. The fourth-order valence-electron chi connectivity index (χ4n) is 2.34. The summed E-state index contributed by atoms with van der Waals surface area (Å²) in [5, 5.41) is 11.1. The fraction of sp³-hybridized carbons (Fsp3) is 0.429. The predicted molar refractivity (Wildman–Crippen MR) is 71.0 cm³/mol. The van der Waals surface area contributed by atoms with Crippen molar-refractivity contribution in [3.8, 4) is 0 Å². The maximum Gasteiger partial charge on any atom is 0.317 e. The van der Waals surface area contributed by atoms with Gasteiger partial charge in [-0.15, -0.1) is 0 Å². The summed E-state index contributed by atoms with van der Waals surface area (Å²) in [7, 11) is 0. The summed E-state index contributed by atoms with van der Waals surface area (Å²) in [4.78, 5) is 23.9. The van der Waals surface area contributed by atoms with Crippen LogP contribution in [-0.4, -0.2) is 41.6 Å². The second-order valence-corrected chi connectivity index (χ2v) is 4.86. The number of urea groups is 1. The van der Waals surface area contributed by atoms with Crippen LogP contribution in [0, 0.1) is 5.82 Å². The minimum Gasteiger partial charge on any atom is -0.481 e. The lowest BCUT2D eigenvalue weighted by atomic mass is 9.99. The van der Waals surface area contributed by atoms with Gasteiger partial charge in [0, 0.05) is 25.6 Å². The Bertz CT molecular complexity index is 490. The zero-order valence-electron chi connectivity index (χ0n) is 11.0. The van der Waals surface area contributed by atoms with Crippen LogP contribution in [-0.2, 0) is 4.79 Å². The van der Waals surface area contributed by atoms with E-state index in [0.29, 0.717) is 13.1 Å². The Morgan fingerprint density at radius 2 is 2.05 bits per heavy atom. The third-order valence-corrected chi connectivity index (χ3v) is 3.43. The smallest absolute Gasteiger partial charge is 0.317 e. The van der Waals surface area contributed by atoms with Crippen LogP contribution in [0.3, 0.4) is 0 Å². The van der Waals surface area contributed by atoms with Crippen molar-refractivity contribution in [1.29, 1.82) is 0 Å². The van der Waals surface area contributed by atoms with Gasteiger partial charge in [-0.3, -0.25) is 4.79 Å². The molecule has 2 N–H and O–H groups in total. The van der Waals surface area contributed by atoms with E-state index in [9.17, 15) is 14.0 Å². The summed E-state index contributed by atoms with van der Waals surface area (Å²) in [5.74, 6) is -0.994. The molecule has 6 heteroatoms. The Morgan fingerprint density at radius 1 is 1.35 bits per heavy atom. The Morgan fingerprint density at radius 3 is 2.70 bits per heavy atom. The van der Waals surface area contributed by atoms with Crippen LogP contribution in [0.1, 0.15) is 24.3 Å². The number of rotatable bonds is 4. The molecule has 1 unspecified atom stereocenters. The van der Waals surface area contributed by atoms with Crippen LogP contribution in [0.4, 0.5) is 9.18 Å². The van der Waals surface area contributed by atoms with E-state index in [4.69, 9.17) is 5.11 Å². The Balaban J connectivity index is 1.84. The van der Waals surface area contributed by atoms with Crippen LogP contribution in [0.2, 0.25) is 0 Å². The molecule has 108 valence electrons.